The Hall–Kier alpha value is -0.247. The quantitative estimate of drug-likeness (QED) is 0.560. The minimum atomic E-state index is -1.99. The zero-order valence-electron chi connectivity index (χ0n) is 12.3. The van der Waals surface area contributed by atoms with Crippen molar-refractivity contribution in [2.45, 2.75) is 13.8 Å². The molecule has 3 nitrogen and oxygen atoms in total. The Labute approximate surface area is 131 Å². The van der Waals surface area contributed by atoms with Crippen LogP contribution in [-0.2, 0) is 29.2 Å². The van der Waals surface area contributed by atoms with Crippen molar-refractivity contribution >= 4 is 15.4 Å². The van der Waals surface area contributed by atoms with Crippen molar-refractivity contribution in [3.63, 3.8) is 0 Å². The van der Waals surface area contributed by atoms with Gasteiger partial charge in [-0.2, -0.15) is 4.36 Å². The van der Waals surface area contributed by atoms with E-state index in [2.05, 4.69) is 16.3 Å². The maximum atomic E-state index is 12.3. The zero-order chi connectivity index (χ0) is 12.7. The van der Waals surface area contributed by atoms with E-state index in [1.165, 1.54) is 0 Å². The summed E-state index contributed by atoms with van der Waals surface area (Å²) in [6.07, 6.45) is 0. The predicted molar refractivity (Wildman–Crippen MR) is 81.7 cm³/mol. The second-order valence-electron chi connectivity index (χ2n) is 3.91. The predicted octanol–water partition coefficient (Wildman–Crippen LogP) is 3.21. The maximum Gasteiger partial charge on any atom is 0.0730 e. The van der Waals surface area contributed by atoms with E-state index >= 15 is 0 Å². The molecule has 5 heteroatoms. The van der Waals surface area contributed by atoms with Crippen molar-refractivity contribution in [3.05, 3.63) is 37.8 Å². The summed E-state index contributed by atoms with van der Waals surface area (Å²) in [7, 11) is 0.0642. The molecule has 113 valence electrons. The van der Waals surface area contributed by atoms with Crippen molar-refractivity contribution in [3.8, 4) is 0 Å². The van der Waals surface area contributed by atoms with Crippen molar-refractivity contribution in [2.24, 2.45) is 4.36 Å². The largest absolute Gasteiger partial charge is 0.358 e. The van der Waals surface area contributed by atoms with Gasteiger partial charge in [-0.3, -0.25) is 0 Å². The molecule has 0 amide bonds. The van der Waals surface area contributed by atoms with Crippen LogP contribution in [0.5, 0.6) is 0 Å². The average Bonchev–Trinajstić information content (AvgIpc) is 2.37. The summed E-state index contributed by atoms with van der Waals surface area (Å²) in [6, 6.07) is 9.61. The number of rotatable bonds is 1. The fourth-order valence-corrected chi connectivity index (χ4v) is 3.67. The summed E-state index contributed by atoms with van der Waals surface area (Å²) in [5, 5.41) is 0. The molecular formula is C14H25N2ORhS-. The van der Waals surface area contributed by atoms with Crippen LogP contribution in [0.4, 0.5) is 5.69 Å². The molecule has 1 heterocycles. The van der Waals surface area contributed by atoms with Gasteiger partial charge in [0.1, 0.15) is 0 Å². The van der Waals surface area contributed by atoms with Gasteiger partial charge in [0, 0.05) is 44.1 Å². The Morgan fingerprint density at radius 3 is 2.05 bits per heavy atom. The summed E-state index contributed by atoms with van der Waals surface area (Å²) >= 11 is 0. The van der Waals surface area contributed by atoms with Crippen molar-refractivity contribution in [1.82, 2.24) is 4.90 Å². The Balaban J connectivity index is 0. The first-order chi connectivity index (χ1) is 8.18. The van der Waals surface area contributed by atoms with Crippen molar-refractivity contribution in [2.75, 3.05) is 31.6 Å². The van der Waals surface area contributed by atoms with E-state index in [0.717, 1.165) is 18.8 Å². The van der Waals surface area contributed by atoms with Crippen LogP contribution in [0.3, 0.4) is 0 Å². The molecule has 0 unspecified atom stereocenters. The minimum Gasteiger partial charge on any atom is -0.358 e. The first-order valence-corrected chi connectivity index (χ1v) is 7.99. The monoisotopic (exact) mass is 372 g/mol. The van der Waals surface area contributed by atoms with Gasteiger partial charge < -0.3 is 12.3 Å². The van der Waals surface area contributed by atoms with E-state index in [-0.39, 0.29) is 26.9 Å². The van der Waals surface area contributed by atoms with Gasteiger partial charge in [0.05, 0.1) is 15.4 Å². The molecular weight excluding hydrogens is 347 g/mol. The van der Waals surface area contributed by atoms with E-state index < -0.39 is 9.73 Å². The second-order valence-corrected chi connectivity index (χ2v) is 6.46. The molecule has 1 aliphatic rings. The molecule has 1 aliphatic heterocycles. The Kier molecular flexibility index (Phi) is 11.7. The van der Waals surface area contributed by atoms with Crippen LogP contribution < -0.4 is 0 Å². The summed E-state index contributed by atoms with van der Waals surface area (Å²) in [6.45, 7) is 5.77. The standard InChI is InChI=1S/C11H16N2OS.C2H6.CH3.Rh/c1-13-7-9-15(14,10-8-13)12-11-5-3-2-4-6-11;1-2;;/h2-6H,7-10H2,1H3;1-2H3;1H3;/q;;-1;. The molecule has 0 saturated carbocycles. The van der Waals surface area contributed by atoms with Gasteiger partial charge in [-0.1, -0.05) is 32.0 Å². The molecule has 0 aliphatic carbocycles. The first kappa shape index (κ1) is 21.1. The fraction of sp³-hybridized carbons (Fsp3) is 0.500. The van der Waals surface area contributed by atoms with Crippen LogP contribution in [0.2, 0.25) is 0 Å². The topological polar surface area (TPSA) is 32.7 Å². The molecule has 0 aromatic heterocycles. The number of hydrogen-bond donors (Lipinski definition) is 0. The van der Waals surface area contributed by atoms with Crippen LogP contribution in [-0.4, -0.2) is 40.8 Å². The number of nitrogens with zero attached hydrogens (tertiary/aromatic N) is 2. The van der Waals surface area contributed by atoms with E-state index in [4.69, 9.17) is 0 Å². The SMILES string of the molecule is CC.CN1CCS(=O)(=Nc2ccccc2)CC1.[CH3-].[Rh]. The first-order valence-electron chi connectivity index (χ1n) is 6.14. The van der Waals surface area contributed by atoms with E-state index in [9.17, 15) is 4.21 Å². The molecule has 0 bridgehead atoms. The molecule has 2 rings (SSSR count). The van der Waals surface area contributed by atoms with Gasteiger partial charge in [0.15, 0.2) is 0 Å². The van der Waals surface area contributed by atoms with Gasteiger partial charge in [0.2, 0.25) is 0 Å². The number of hydrogen-bond acceptors (Lipinski definition) is 3. The van der Waals surface area contributed by atoms with Crippen LogP contribution in [0.25, 0.3) is 0 Å². The summed E-state index contributed by atoms with van der Waals surface area (Å²) in [5.41, 5.74) is 0.840. The fourth-order valence-electron chi connectivity index (χ4n) is 1.58. The van der Waals surface area contributed by atoms with Crippen molar-refractivity contribution in [1.29, 1.82) is 0 Å². The van der Waals surface area contributed by atoms with Crippen LogP contribution in [0.15, 0.2) is 34.7 Å². The van der Waals surface area contributed by atoms with Crippen LogP contribution in [0, 0.1) is 7.43 Å². The molecule has 0 N–H and O–H groups in total. The third-order valence-corrected chi connectivity index (χ3v) is 4.80. The normalized spacial score (nSPS) is 17.0. The van der Waals surface area contributed by atoms with E-state index in [1.54, 1.807) is 0 Å². The minimum absolute atomic E-state index is 0. The van der Waals surface area contributed by atoms with E-state index in [0.29, 0.717) is 11.5 Å². The Morgan fingerprint density at radius 1 is 1.11 bits per heavy atom. The van der Waals surface area contributed by atoms with Gasteiger partial charge >= 0.3 is 0 Å². The second kappa shape index (κ2) is 10.5. The summed E-state index contributed by atoms with van der Waals surface area (Å²) in [4.78, 5) is 2.20. The summed E-state index contributed by atoms with van der Waals surface area (Å²) < 4.78 is 16.7. The van der Waals surface area contributed by atoms with Gasteiger partial charge in [-0.15, -0.1) is 0 Å². The van der Waals surface area contributed by atoms with Crippen molar-refractivity contribution < 1.29 is 23.7 Å². The zero-order valence-corrected chi connectivity index (χ0v) is 14.7. The molecule has 19 heavy (non-hydrogen) atoms. The Bertz CT molecular complexity index is 428. The average molecular weight is 372 g/mol. The molecule has 1 aromatic rings. The van der Waals surface area contributed by atoms with Gasteiger partial charge in [0.25, 0.3) is 0 Å². The van der Waals surface area contributed by atoms with Crippen LogP contribution >= 0.6 is 0 Å². The molecule has 1 radical (unpaired) electrons. The molecule has 1 aromatic carbocycles. The molecule has 0 atom stereocenters. The third-order valence-electron chi connectivity index (χ3n) is 2.61. The van der Waals surface area contributed by atoms with Gasteiger partial charge in [-0.05, 0) is 19.2 Å². The van der Waals surface area contributed by atoms with Gasteiger partial charge in [-0.25, -0.2) is 4.21 Å². The van der Waals surface area contributed by atoms with Crippen LogP contribution in [0.1, 0.15) is 13.8 Å². The smallest absolute Gasteiger partial charge is 0.0730 e. The number of benzene rings is 1. The Morgan fingerprint density at radius 2 is 1.58 bits per heavy atom. The maximum absolute atomic E-state index is 12.3. The summed E-state index contributed by atoms with van der Waals surface area (Å²) in [5.74, 6) is 1.39. The molecule has 1 fully saturated rings. The molecule has 0 spiro atoms. The molecule has 1 saturated heterocycles. The van der Waals surface area contributed by atoms with E-state index in [1.807, 2.05) is 44.2 Å². The third kappa shape index (κ3) is 7.19.